The van der Waals surface area contributed by atoms with Crippen LogP contribution in [-0.4, -0.2) is 5.78 Å². The Morgan fingerprint density at radius 3 is 2.45 bits per heavy atom. The minimum atomic E-state index is 0.267. The van der Waals surface area contributed by atoms with Crippen molar-refractivity contribution in [2.24, 2.45) is 23.7 Å². The molecule has 0 amide bonds. The van der Waals surface area contributed by atoms with Gasteiger partial charge in [0.15, 0.2) is 0 Å². The number of hydrogen-bond acceptors (Lipinski definition) is 1. The van der Waals surface area contributed by atoms with Crippen LogP contribution in [0.2, 0.25) is 0 Å². The van der Waals surface area contributed by atoms with Crippen LogP contribution in [0.3, 0.4) is 0 Å². The Morgan fingerprint density at radius 1 is 1.36 bits per heavy atom. The predicted octanol–water partition coefficient (Wildman–Crippen LogP) is 2.26. The summed E-state index contributed by atoms with van der Waals surface area (Å²) in [4.78, 5) is 11.4. The van der Waals surface area contributed by atoms with Gasteiger partial charge in [-0.1, -0.05) is 13.8 Å². The van der Waals surface area contributed by atoms with Crippen molar-refractivity contribution in [3.8, 4) is 0 Å². The van der Waals surface area contributed by atoms with Gasteiger partial charge >= 0.3 is 0 Å². The number of carbonyl (C=O) groups excluding carboxylic acids is 1. The monoisotopic (exact) mass is 152 g/mol. The van der Waals surface area contributed by atoms with Gasteiger partial charge in [0, 0.05) is 11.8 Å². The third kappa shape index (κ3) is 1.33. The van der Waals surface area contributed by atoms with Crippen molar-refractivity contribution in [1.82, 2.24) is 0 Å². The molecule has 0 aromatic rings. The Morgan fingerprint density at radius 2 is 2.00 bits per heavy atom. The zero-order valence-corrected chi connectivity index (χ0v) is 7.34. The Hall–Kier alpha value is -0.330. The summed E-state index contributed by atoms with van der Waals surface area (Å²) >= 11 is 0. The summed E-state index contributed by atoms with van der Waals surface area (Å²) in [5, 5.41) is 0. The maximum atomic E-state index is 11.4. The first kappa shape index (κ1) is 7.33. The summed E-state index contributed by atoms with van der Waals surface area (Å²) < 4.78 is 0. The summed E-state index contributed by atoms with van der Waals surface area (Å²) in [7, 11) is 0. The van der Waals surface area contributed by atoms with Crippen LogP contribution in [0.15, 0.2) is 0 Å². The van der Waals surface area contributed by atoms with Gasteiger partial charge < -0.3 is 0 Å². The lowest BCUT2D eigenvalue weighted by Gasteiger charge is -2.01. The molecule has 1 heteroatoms. The molecule has 0 aromatic heterocycles. The molecule has 2 saturated carbocycles. The summed E-state index contributed by atoms with van der Waals surface area (Å²) in [6.45, 7) is 4.04. The van der Waals surface area contributed by atoms with E-state index in [1.165, 1.54) is 19.3 Å². The van der Waals surface area contributed by atoms with E-state index in [9.17, 15) is 4.79 Å². The first-order valence-corrected chi connectivity index (χ1v) is 4.74. The molecule has 62 valence electrons. The number of hydrogen-bond donors (Lipinski definition) is 0. The molecule has 11 heavy (non-hydrogen) atoms. The average molecular weight is 152 g/mol. The molecule has 0 bridgehead atoms. The molecule has 0 heterocycles. The Kier molecular flexibility index (Phi) is 1.55. The highest BCUT2D eigenvalue weighted by Gasteiger charge is 2.50. The van der Waals surface area contributed by atoms with Gasteiger partial charge in [0.1, 0.15) is 5.78 Å². The smallest absolute Gasteiger partial charge is 0.138 e. The van der Waals surface area contributed by atoms with Gasteiger partial charge in [-0.3, -0.25) is 4.79 Å². The second-order valence-corrected chi connectivity index (χ2v) is 4.40. The third-order valence-electron chi connectivity index (χ3n) is 3.00. The molecule has 0 aliphatic heterocycles. The van der Waals surface area contributed by atoms with Gasteiger partial charge in [-0.25, -0.2) is 0 Å². The highest BCUT2D eigenvalue weighted by molar-refractivity contribution is 5.85. The van der Waals surface area contributed by atoms with Crippen molar-refractivity contribution in [2.75, 3.05) is 0 Å². The largest absolute Gasteiger partial charge is 0.299 e. The second kappa shape index (κ2) is 2.33. The van der Waals surface area contributed by atoms with Crippen LogP contribution >= 0.6 is 0 Å². The van der Waals surface area contributed by atoms with Crippen molar-refractivity contribution in [3.05, 3.63) is 0 Å². The lowest BCUT2D eigenvalue weighted by atomic mass is 10.0. The molecule has 0 saturated heterocycles. The Bertz CT molecular complexity index is 179. The van der Waals surface area contributed by atoms with Gasteiger partial charge in [-0.05, 0) is 31.1 Å². The molecule has 0 radical (unpaired) electrons. The summed E-state index contributed by atoms with van der Waals surface area (Å²) in [6.07, 6.45) is 4.00. The van der Waals surface area contributed by atoms with E-state index in [1.807, 2.05) is 13.8 Å². The van der Waals surface area contributed by atoms with Crippen LogP contribution in [0.4, 0.5) is 0 Å². The average Bonchev–Trinajstić information content (AvgIpc) is 2.79. The van der Waals surface area contributed by atoms with E-state index in [0.717, 1.165) is 11.8 Å². The van der Waals surface area contributed by atoms with Crippen molar-refractivity contribution in [3.63, 3.8) is 0 Å². The van der Waals surface area contributed by atoms with Crippen LogP contribution in [0.25, 0.3) is 0 Å². The van der Waals surface area contributed by atoms with Gasteiger partial charge in [0.2, 0.25) is 0 Å². The molecule has 0 N–H and O–H groups in total. The summed E-state index contributed by atoms with van der Waals surface area (Å²) in [6, 6.07) is 0. The van der Waals surface area contributed by atoms with Crippen molar-refractivity contribution < 1.29 is 4.79 Å². The molecular formula is C10H16O. The lowest BCUT2D eigenvalue weighted by Crippen LogP contribution is -2.10. The first-order chi connectivity index (χ1) is 5.20. The maximum absolute atomic E-state index is 11.4. The fourth-order valence-corrected chi connectivity index (χ4v) is 2.02. The number of rotatable bonds is 3. The number of carbonyl (C=O) groups is 1. The fraction of sp³-hybridized carbons (Fsp3) is 0.900. The van der Waals surface area contributed by atoms with E-state index in [0.29, 0.717) is 11.7 Å². The minimum Gasteiger partial charge on any atom is -0.299 e. The van der Waals surface area contributed by atoms with E-state index >= 15 is 0 Å². The SMILES string of the molecule is CC(C)C(=O)C1CC1C1CC1. The van der Waals surface area contributed by atoms with E-state index in [-0.39, 0.29) is 5.92 Å². The van der Waals surface area contributed by atoms with E-state index < -0.39 is 0 Å². The standard InChI is InChI=1S/C10H16O/c1-6(2)10(11)9-5-8(9)7-3-4-7/h6-9H,3-5H2,1-2H3. The minimum absolute atomic E-state index is 0.267. The van der Waals surface area contributed by atoms with E-state index in [2.05, 4.69) is 0 Å². The van der Waals surface area contributed by atoms with Crippen molar-refractivity contribution in [2.45, 2.75) is 33.1 Å². The number of Topliss-reactive ketones (excluding diaryl/α,β-unsaturated/α-hetero) is 1. The molecule has 2 aliphatic rings. The predicted molar refractivity (Wildman–Crippen MR) is 44.2 cm³/mol. The first-order valence-electron chi connectivity index (χ1n) is 4.74. The maximum Gasteiger partial charge on any atom is 0.138 e. The van der Waals surface area contributed by atoms with Crippen LogP contribution < -0.4 is 0 Å². The van der Waals surface area contributed by atoms with Gasteiger partial charge in [0.25, 0.3) is 0 Å². The zero-order valence-electron chi connectivity index (χ0n) is 7.34. The lowest BCUT2D eigenvalue weighted by molar-refractivity contribution is -0.123. The molecular weight excluding hydrogens is 136 g/mol. The molecule has 2 fully saturated rings. The van der Waals surface area contributed by atoms with Gasteiger partial charge in [-0.15, -0.1) is 0 Å². The molecule has 0 spiro atoms. The number of ketones is 1. The van der Waals surface area contributed by atoms with Crippen molar-refractivity contribution in [1.29, 1.82) is 0 Å². The van der Waals surface area contributed by atoms with Gasteiger partial charge in [-0.2, -0.15) is 0 Å². The second-order valence-electron chi connectivity index (χ2n) is 4.40. The van der Waals surface area contributed by atoms with Crippen LogP contribution in [0, 0.1) is 23.7 Å². The Labute approximate surface area is 68.2 Å². The van der Waals surface area contributed by atoms with Crippen molar-refractivity contribution >= 4 is 5.78 Å². The summed E-state index contributed by atoms with van der Waals surface area (Å²) in [5.74, 6) is 3.01. The molecule has 2 aliphatic carbocycles. The summed E-state index contributed by atoms with van der Waals surface area (Å²) in [5.41, 5.74) is 0. The Balaban J connectivity index is 1.85. The molecule has 1 nitrogen and oxygen atoms in total. The molecule has 2 rings (SSSR count). The van der Waals surface area contributed by atoms with Crippen LogP contribution in [0.1, 0.15) is 33.1 Å². The highest BCUT2D eigenvalue weighted by atomic mass is 16.1. The topological polar surface area (TPSA) is 17.1 Å². The van der Waals surface area contributed by atoms with E-state index in [1.54, 1.807) is 0 Å². The van der Waals surface area contributed by atoms with Gasteiger partial charge in [0.05, 0.1) is 0 Å². The molecule has 2 atom stereocenters. The molecule has 2 unspecified atom stereocenters. The normalized spacial score (nSPS) is 35.9. The quantitative estimate of drug-likeness (QED) is 0.606. The fourth-order valence-electron chi connectivity index (χ4n) is 2.02. The third-order valence-corrected chi connectivity index (χ3v) is 3.00. The molecule has 0 aromatic carbocycles. The van der Waals surface area contributed by atoms with Crippen LogP contribution in [0.5, 0.6) is 0 Å². The zero-order chi connectivity index (χ0) is 8.01. The highest BCUT2D eigenvalue weighted by Crippen LogP contribution is 2.55. The van der Waals surface area contributed by atoms with Crippen LogP contribution in [-0.2, 0) is 4.79 Å². The van der Waals surface area contributed by atoms with E-state index in [4.69, 9.17) is 0 Å².